The minimum atomic E-state index is -4.54. The number of rotatable bonds is 7. The lowest BCUT2D eigenvalue weighted by molar-refractivity contribution is -0.137. The summed E-state index contributed by atoms with van der Waals surface area (Å²) >= 11 is 9.51. The number of aromatic nitrogens is 2. The van der Waals surface area contributed by atoms with Crippen molar-refractivity contribution in [1.82, 2.24) is 14.9 Å². The molecule has 1 aliphatic rings. The van der Waals surface area contributed by atoms with E-state index in [1.54, 1.807) is 12.4 Å². The Morgan fingerprint density at radius 3 is 2.29 bits per heavy atom. The van der Waals surface area contributed by atoms with Gasteiger partial charge >= 0.3 is 12.3 Å². The van der Waals surface area contributed by atoms with Gasteiger partial charge in [0.15, 0.2) is 0 Å². The summed E-state index contributed by atoms with van der Waals surface area (Å²) < 4.78 is 47.5. The molecule has 42 heavy (non-hydrogen) atoms. The van der Waals surface area contributed by atoms with E-state index in [0.29, 0.717) is 41.7 Å². The van der Waals surface area contributed by atoms with E-state index < -0.39 is 17.3 Å². The number of hydrogen-bond acceptors (Lipinski definition) is 5. The summed E-state index contributed by atoms with van der Waals surface area (Å²) in [6.45, 7) is 7.67. The number of alkyl halides is 3. The molecule has 1 amide bonds. The molecule has 0 radical (unpaired) electrons. The number of piperidine rings is 1. The van der Waals surface area contributed by atoms with Gasteiger partial charge in [0, 0.05) is 42.1 Å². The first-order chi connectivity index (χ1) is 19.7. The Labute approximate surface area is 258 Å². The van der Waals surface area contributed by atoms with E-state index in [2.05, 4.69) is 25.9 Å². The van der Waals surface area contributed by atoms with Gasteiger partial charge in [-0.3, -0.25) is 0 Å². The second-order valence-corrected chi connectivity index (χ2v) is 12.9. The van der Waals surface area contributed by atoms with Gasteiger partial charge in [0.1, 0.15) is 5.60 Å². The molecule has 0 N–H and O–H groups in total. The van der Waals surface area contributed by atoms with Crippen molar-refractivity contribution < 1.29 is 22.7 Å². The fourth-order valence-corrected chi connectivity index (χ4v) is 5.93. The molecule has 2 heterocycles. The van der Waals surface area contributed by atoms with Crippen LogP contribution in [0.15, 0.2) is 65.4 Å². The maximum Gasteiger partial charge on any atom is 0.416 e. The highest BCUT2D eigenvalue weighted by Crippen LogP contribution is 2.36. The molecule has 0 aliphatic carbocycles. The molecular weight excluding hydrogens is 633 g/mol. The fraction of sp³-hybridized carbons (Fsp3) is 0.452. The molecule has 1 fully saturated rings. The summed E-state index contributed by atoms with van der Waals surface area (Å²) in [6, 6.07) is 12.9. The van der Waals surface area contributed by atoms with Crippen LogP contribution in [0.5, 0.6) is 0 Å². The lowest BCUT2D eigenvalue weighted by Crippen LogP contribution is -2.58. The summed E-state index contributed by atoms with van der Waals surface area (Å²) in [4.78, 5) is 26.4. The van der Waals surface area contributed by atoms with Crippen molar-refractivity contribution in [3.63, 3.8) is 0 Å². The van der Waals surface area contributed by atoms with E-state index in [-0.39, 0.29) is 35.8 Å². The summed E-state index contributed by atoms with van der Waals surface area (Å²) in [6.07, 6.45) is 0.689. The van der Waals surface area contributed by atoms with Crippen molar-refractivity contribution in [3.8, 4) is 0 Å². The highest BCUT2D eigenvalue weighted by Gasteiger charge is 2.42. The molecule has 6 nitrogen and oxygen atoms in total. The van der Waals surface area contributed by atoms with Crippen LogP contribution in [0.2, 0.25) is 5.02 Å². The van der Waals surface area contributed by atoms with Crippen molar-refractivity contribution in [1.29, 1.82) is 0 Å². The number of likely N-dealkylation sites (tertiary alicyclic amines) is 1. The van der Waals surface area contributed by atoms with Crippen LogP contribution in [0.25, 0.3) is 0 Å². The SMILES string of the molecule is CC[C@@H]1C[C@H](N(Cc2cc(Cl)cc(C(F)(F)F)c2)c2ncc(Br)cn2)C[C@H](Cc2ccccc2)N1C(=O)OC(C)(C)C. The number of carbonyl (C=O) groups excluding carboxylic acids is 1. The maximum absolute atomic E-state index is 13.6. The van der Waals surface area contributed by atoms with E-state index >= 15 is 0 Å². The van der Waals surface area contributed by atoms with Gasteiger partial charge in [-0.2, -0.15) is 13.2 Å². The first-order valence-corrected chi connectivity index (χ1v) is 15.1. The fourth-order valence-electron chi connectivity index (χ4n) is 5.47. The Kier molecular flexibility index (Phi) is 10.1. The molecule has 0 bridgehead atoms. The Hall–Kier alpha value is -2.85. The van der Waals surface area contributed by atoms with Crippen LogP contribution < -0.4 is 4.90 Å². The highest BCUT2D eigenvalue weighted by molar-refractivity contribution is 9.10. The van der Waals surface area contributed by atoms with Crippen molar-refractivity contribution >= 4 is 39.6 Å². The number of nitrogens with zero attached hydrogens (tertiary/aromatic N) is 4. The Balaban J connectivity index is 1.74. The maximum atomic E-state index is 13.6. The number of ether oxygens (including phenoxy) is 1. The highest BCUT2D eigenvalue weighted by atomic mass is 79.9. The van der Waals surface area contributed by atoms with Gasteiger partial charge in [0.2, 0.25) is 5.95 Å². The first kappa shape index (κ1) is 32.1. The summed E-state index contributed by atoms with van der Waals surface area (Å²) in [5.41, 5.74) is -0.00936. The summed E-state index contributed by atoms with van der Waals surface area (Å²) in [5, 5.41) is 0.00429. The van der Waals surface area contributed by atoms with Crippen LogP contribution >= 0.6 is 27.5 Å². The van der Waals surface area contributed by atoms with Crippen molar-refractivity contribution in [3.05, 3.63) is 87.1 Å². The minimum absolute atomic E-state index is 0.00429. The normalized spacial score (nSPS) is 19.5. The lowest BCUT2D eigenvalue weighted by Gasteiger charge is -2.48. The zero-order valence-corrected chi connectivity index (χ0v) is 26.4. The molecule has 3 atom stereocenters. The van der Waals surface area contributed by atoms with E-state index in [0.717, 1.165) is 17.7 Å². The Morgan fingerprint density at radius 1 is 1.05 bits per heavy atom. The third-order valence-corrected chi connectivity index (χ3v) is 7.83. The third-order valence-electron chi connectivity index (χ3n) is 7.21. The molecule has 1 saturated heterocycles. The van der Waals surface area contributed by atoms with Gasteiger partial charge in [-0.15, -0.1) is 0 Å². The molecule has 3 aromatic rings. The zero-order valence-electron chi connectivity index (χ0n) is 24.0. The molecule has 1 aromatic heterocycles. The predicted molar refractivity (Wildman–Crippen MR) is 161 cm³/mol. The molecule has 0 saturated carbocycles. The van der Waals surface area contributed by atoms with Crippen LogP contribution in [-0.4, -0.2) is 44.7 Å². The molecule has 0 unspecified atom stereocenters. The average Bonchev–Trinajstić information content (AvgIpc) is 2.90. The van der Waals surface area contributed by atoms with Gasteiger partial charge in [-0.25, -0.2) is 14.8 Å². The number of anilines is 1. The lowest BCUT2D eigenvalue weighted by atomic mass is 9.86. The van der Waals surface area contributed by atoms with Crippen molar-refractivity contribution in [2.45, 2.75) is 89.8 Å². The van der Waals surface area contributed by atoms with Gasteiger partial charge in [-0.1, -0.05) is 48.9 Å². The minimum Gasteiger partial charge on any atom is -0.444 e. The molecule has 0 spiro atoms. The molecule has 11 heteroatoms. The van der Waals surface area contributed by atoms with Crippen molar-refractivity contribution in [2.75, 3.05) is 4.90 Å². The van der Waals surface area contributed by atoms with Crippen LogP contribution in [-0.2, 0) is 23.9 Å². The summed E-state index contributed by atoms with van der Waals surface area (Å²) in [5.74, 6) is 0.385. The molecular formula is C31H35BrClF3N4O2. The number of halogens is 5. The van der Waals surface area contributed by atoms with E-state index in [1.807, 2.05) is 67.8 Å². The van der Waals surface area contributed by atoms with Crippen molar-refractivity contribution in [2.24, 2.45) is 0 Å². The second-order valence-electron chi connectivity index (χ2n) is 11.6. The number of hydrogen-bond donors (Lipinski definition) is 0. The molecule has 2 aromatic carbocycles. The van der Waals surface area contributed by atoms with Gasteiger partial charge in [0.25, 0.3) is 0 Å². The van der Waals surface area contributed by atoms with Crippen LogP contribution in [0, 0.1) is 0 Å². The standard InChI is InChI=1S/C31H35BrClF3N4O2/c1-5-25-15-26(16-27(13-20-9-7-6-8-10-20)40(25)29(41)42-30(2,3)4)39(28-37-17-23(32)18-38-28)19-21-11-22(31(34,35)36)14-24(33)12-21/h6-12,14,17-18,25-27H,5,13,15-16,19H2,1-4H3/t25-,26+,27+/m1/s1. The molecule has 226 valence electrons. The molecule has 1 aliphatic heterocycles. The second kappa shape index (κ2) is 13.2. The third kappa shape index (κ3) is 8.37. The number of amides is 1. The smallest absolute Gasteiger partial charge is 0.416 e. The van der Waals surface area contributed by atoms with E-state index in [9.17, 15) is 18.0 Å². The quantitative estimate of drug-likeness (QED) is 0.252. The van der Waals surface area contributed by atoms with Crippen LogP contribution in [0.3, 0.4) is 0 Å². The van der Waals surface area contributed by atoms with Gasteiger partial charge in [0.05, 0.1) is 10.0 Å². The Bertz CT molecular complexity index is 1350. The zero-order chi connectivity index (χ0) is 30.7. The summed E-state index contributed by atoms with van der Waals surface area (Å²) in [7, 11) is 0. The number of carbonyl (C=O) groups is 1. The van der Waals surface area contributed by atoms with Crippen LogP contribution in [0.1, 0.15) is 63.6 Å². The van der Waals surface area contributed by atoms with Crippen LogP contribution in [0.4, 0.5) is 23.9 Å². The predicted octanol–water partition coefficient (Wildman–Crippen LogP) is 8.71. The first-order valence-electron chi connectivity index (χ1n) is 13.9. The van der Waals surface area contributed by atoms with Gasteiger partial charge in [-0.05, 0) is 91.7 Å². The molecule has 4 rings (SSSR count). The van der Waals surface area contributed by atoms with Gasteiger partial charge < -0.3 is 14.5 Å². The largest absolute Gasteiger partial charge is 0.444 e. The average molecular weight is 668 g/mol. The van der Waals surface area contributed by atoms with E-state index in [1.165, 1.54) is 6.07 Å². The van der Waals surface area contributed by atoms with E-state index in [4.69, 9.17) is 16.3 Å². The topological polar surface area (TPSA) is 58.6 Å². The number of benzene rings is 2. The monoisotopic (exact) mass is 666 g/mol. The Morgan fingerprint density at radius 2 is 1.69 bits per heavy atom.